The SMILES string of the molecule is Oc1ccc(-c2[o+]c3c(O)c(O)ccc3cc2O)cc1O. The van der Waals surface area contributed by atoms with Gasteiger partial charge in [0.2, 0.25) is 5.75 Å². The maximum atomic E-state index is 10.0. The van der Waals surface area contributed by atoms with Crippen LogP contribution in [-0.2, 0) is 0 Å². The van der Waals surface area contributed by atoms with E-state index < -0.39 is 5.75 Å². The molecule has 6 nitrogen and oxygen atoms in total. The summed E-state index contributed by atoms with van der Waals surface area (Å²) < 4.78 is 5.43. The summed E-state index contributed by atoms with van der Waals surface area (Å²) in [5.74, 6) is -1.70. The van der Waals surface area contributed by atoms with Crippen LogP contribution < -0.4 is 0 Å². The van der Waals surface area contributed by atoms with Gasteiger partial charge in [-0.1, -0.05) is 0 Å². The van der Waals surface area contributed by atoms with E-state index in [-0.39, 0.29) is 34.3 Å². The van der Waals surface area contributed by atoms with Crippen LogP contribution in [0.25, 0.3) is 22.3 Å². The Morgan fingerprint density at radius 2 is 1.38 bits per heavy atom. The second-order valence-electron chi connectivity index (χ2n) is 4.52. The van der Waals surface area contributed by atoms with Crippen molar-refractivity contribution in [2.45, 2.75) is 0 Å². The molecule has 0 spiro atoms. The summed E-state index contributed by atoms with van der Waals surface area (Å²) in [6, 6.07) is 7.99. The summed E-state index contributed by atoms with van der Waals surface area (Å²) in [5.41, 5.74) is 0.294. The molecule has 0 aliphatic carbocycles. The molecule has 0 fully saturated rings. The highest BCUT2D eigenvalue weighted by molar-refractivity contribution is 5.88. The molecule has 0 atom stereocenters. The predicted molar refractivity (Wildman–Crippen MR) is 74.4 cm³/mol. The molecule has 0 amide bonds. The first-order valence-corrected chi connectivity index (χ1v) is 6.00. The average Bonchev–Trinajstić information content (AvgIpc) is 2.46. The Labute approximate surface area is 118 Å². The normalized spacial score (nSPS) is 10.9. The van der Waals surface area contributed by atoms with Gasteiger partial charge in [-0.3, -0.25) is 0 Å². The molecule has 5 N–H and O–H groups in total. The van der Waals surface area contributed by atoms with E-state index in [9.17, 15) is 25.5 Å². The minimum absolute atomic E-state index is 0.00429. The van der Waals surface area contributed by atoms with E-state index in [1.807, 2.05) is 0 Å². The zero-order valence-corrected chi connectivity index (χ0v) is 10.6. The van der Waals surface area contributed by atoms with Gasteiger partial charge in [0, 0.05) is 12.1 Å². The van der Waals surface area contributed by atoms with E-state index in [4.69, 9.17) is 4.42 Å². The summed E-state index contributed by atoms with van der Waals surface area (Å²) in [7, 11) is 0. The molecule has 0 unspecified atom stereocenters. The van der Waals surface area contributed by atoms with Crippen LogP contribution in [0.1, 0.15) is 0 Å². The minimum Gasteiger partial charge on any atom is -0.504 e. The molecule has 0 bridgehead atoms. The van der Waals surface area contributed by atoms with Crippen molar-refractivity contribution in [3.8, 4) is 40.1 Å². The first-order valence-electron chi connectivity index (χ1n) is 6.00. The lowest BCUT2D eigenvalue weighted by molar-refractivity contribution is 0.397. The highest BCUT2D eigenvalue weighted by Gasteiger charge is 2.26. The third kappa shape index (κ3) is 2.02. The van der Waals surface area contributed by atoms with Gasteiger partial charge in [-0.15, -0.1) is 0 Å². The number of aromatic hydroxyl groups is 5. The van der Waals surface area contributed by atoms with E-state index in [1.54, 1.807) is 0 Å². The highest BCUT2D eigenvalue weighted by Crippen LogP contribution is 2.41. The van der Waals surface area contributed by atoms with E-state index in [1.165, 1.54) is 36.4 Å². The fourth-order valence-corrected chi connectivity index (χ4v) is 2.04. The number of hydrogen-bond acceptors (Lipinski definition) is 5. The van der Waals surface area contributed by atoms with Crippen LogP contribution in [0.2, 0.25) is 0 Å². The Balaban J connectivity index is 2.29. The van der Waals surface area contributed by atoms with Gasteiger partial charge in [-0.05, 0) is 24.3 Å². The molecule has 3 rings (SSSR count). The van der Waals surface area contributed by atoms with E-state index >= 15 is 0 Å². The molecule has 0 saturated carbocycles. The van der Waals surface area contributed by atoms with Crippen molar-refractivity contribution in [2.24, 2.45) is 0 Å². The van der Waals surface area contributed by atoms with Crippen LogP contribution in [0.4, 0.5) is 0 Å². The molecule has 0 aliphatic heterocycles. The topological polar surface area (TPSA) is 112 Å². The maximum absolute atomic E-state index is 10.0. The molecule has 0 saturated heterocycles. The van der Waals surface area contributed by atoms with Gasteiger partial charge in [0.15, 0.2) is 17.2 Å². The molecule has 1 aromatic heterocycles. The fraction of sp³-hybridized carbons (Fsp3) is 0. The molecule has 0 radical (unpaired) electrons. The highest BCUT2D eigenvalue weighted by atomic mass is 16.4. The van der Waals surface area contributed by atoms with E-state index in [0.717, 1.165) is 0 Å². The number of benzene rings is 2. The molecule has 6 heteroatoms. The molecule has 3 aromatic rings. The van der Waals surface area contributed by atoms with Gasteiger partial charge in [-0.2, -0.15) is 4.42 Å². The lowest BCUT2D eigenvalue weighted by Gasteiger charge is -2.01. The fourth-order valence-electron chi connectivity index (χ4n) is 2.04. The second-order valence-corrected chi connectivity index (χ2v) is 4.52. The number of hydrogen-bond donors (Lipinski definition) is 5. The van der Waals surface area contributed by atoms with Crippen molar-refractivity contribution >= 4 is 11.0 Å². The Morgan fingerprint density at radius 3 is 2.10 bits per heavy atom. The van der Waals surface area contributed by atoms with Crippen molar-refractivity contribution in [3.63, 3.8) is 0 Å². The van der Waals surface area contributed by atoms with Crippen molar-refractivity contribution < 1.29 is 29.9 Å². The summed E-state index contributed by atoms with van der Waals surface area (Å²) >= 11 is 0. The lowest BCUT2D eigenvalue weighted by Crippen LogP contribution is -1.83. The van der Waals surface area contributed by atoms with E-state index in [2.05, 4.69) is 0 Å². The molecule has 1 heterocycles. The van der Waals surface area contributed by atoms with Crippen molar-refractivity contribution in [2.75, 3.05) is 0 Å². The Kier molecular flexibility index (Phi) is 2.72. The quantitative estimate of drug-likeness (QED) is 0.347. The molecule has 21 heavy (non-hydrogen) atoms. The van der Waals surface area contributed by atoms with Crippen LogP contribution in [0.15, 0.2) is 40.8 Å². The Morgan fingerprint density at radius 1 is 0.667 bits per heavy atom. The molecule has 0 aliphatic rings. The van der Waals surface area contributed by atoms with Crippen molar-refractivity contribution in [1.29, 1.82) is 0 Å². The standard InChI is InChI=1S/C15H10O6/c16-9-3-1-7(5-11(9)18)14-12(19)6-8-2-4-10(17)13(20)15(8)21-14/h1-6H,(H4-,16,17,18,19,20)/p+1. The third-order valence-electron chi connectivity index (χ3n) is 3.11. The number of fused-ring (bicyclic) bond motifs is 1. The first-order chi connectivity index (χ1) is 9.97. The van der Waals surface area contributed by atoms with Gasteiger partial charge in [0.1, 0.15) is 0 Å². The molecule has 106 valence electrons. The van der Waals surface area contributed by atoms with Gasteiger partial charge in [-0.25, -0.2) is 0 Å². The van der Waals surface area contributed by atoms with Crippen LogP contribution in [0.5, 0.6) is 28.7 Å². The lowest BCUT2D eigenvalue weighted by atomic mass is 10.1. The van der Waals surface area contributed by atoms with Gasteiger partial charge in [0.05, 0.1) is 10.9 Å². The van der Waals surface area contributed by atoms with Crippen LogP contribution in [0.3, 0.4) is 0 Å². The Bertz CT molecular complexity index is 856. The first kappa shape index (κ1) is 12.9. The van der Waals surface area contributed by atoms with Crippen molar-refractivity contribution in [3.05, 3.63) is 36.4 Å². The monoisotopic (exact) mass is 287 g/mol. The number of rotatable bonds is 1. The van der Waals surface area contributed by atoms with Gasteiger partial charge < -0.3 is 25.5 Å². The smallest absolute Gasteiger partial charge is 0.406 e. The largest absolute Gasteiger partial charge is 0.504 e. The molecular weight excluding hydrogens is 276 g/mol. The minimum atomic E-state index is -0.447. The van der Waals surface area contributed by atoms with Crippen LogP contribution in [0, 0.1) is 0 Å². The number of phenolic OH excluding ortho intramolecular Hbond substituents is 4. The second kappa shape index (κ2) is 4.45. The zero-order chi connectivity index (χ0) is 15.1. The predicted octanol–water partition coefficient (Wildman–Crippen LogP) is 2.91. The average molecular weight is 287 g/mol. The molecular formula is C15H11O6+. The van der Waals surface area contributed by atoms with Gasteiger partial charge in [0.25, 0.3) is 5.75 Å². The van der Waals surface area contributed by atoms with Crippen LogP contribution in [-0.4, -0.2) is 25.5 Å². The maximum Gasteiger partial charge on any atom is 0.406 e. The summed E-state index contributed by atoms with van der Waals surface area (Å²) in [6.45, 7) is 0. The third-order valence-corrected chi connectivity index (χ3v) is 3.11. The summed E-state index contributed by atoms with van der Waals surface area (Å²) in [4.78, 5) is 0. The van der Waals surface area contributed by atoms with Crippen molar-refractivity contribution in [1.82, 2.24) is 0 Å². The molecule has 2 aromatic carbocycles. The van der Waals surface area contributed by atoms with Crippen LogP contribution >= 0.6 is 0 Å². The summed E-state index contributed by atoms with van der Waals surface area (Å²) in [5, 5.41) is 48.5. The van der Waals surface area contributed by atoms with Gasteiger partial charge >= 0.3 is 11.3 Å². The van der Waals surface area contributed by atoms with E-state index in [0.29, 0.717) is 10.9 Å². The zero-order valence-electron chi connectivity index (χ0n) is 10.6. The summed E-state index contributed by atoms with van der Waals surface area (Å²) in [6.07, 6.45) is 0. The Hall–Kier alpha value is -3.15. The number of phenols is 4.